The first-order valence-electron chi connectivity index (χ1n) is 7.42. The van der Waals surface area contributed by atoms with E-state index in [1.54, 1.807) is 0 Å². The van der Waals surface area contributed by atoms with Crippen LogP contribution in [0.4, 0.5) is 17.6 Å². The fourth-order valence-electron chi connectivity index (χ4n) is 3.16. The molecule has 1 aliphatic rings. The van der Waals surface area contributed by atoms with Gasteiger partial charge in [0, 0.05) is 32.2 Å². The molecule has 0 amide bonds. The van der Waals surface area contributed by atoms with Gasteiger partial charge >= 0.3 is 6.18 Å². The standard InChI is InChI=1S/C16H22F4N2.ClH/c1-15(2,3)14(22-8-6-21-7-9-22)12-5-4-11(17)10-13(12)16(18,19)20;/h4-5,10,14,21H,6-9H2,1-3H3;1H/t14-;/m1./s1. The fraction of sp³-hybridized carbons (Fsp3) is 0.625. The van der Waals surface area contributed by atoms with Crippen molar-refractivity contribution in [2.45, 2.75) is 33.0 Å². The van der Waals surface area contributed by atoms with Gasteiger partial charge in [0.05, 0.1) is 5.56 Å². The predicted octanol–water partition coefficient (Wildman–Crippen LogP) is 4.26. The molecular weight excluding hydrogens is 332 g/mol. The third-order valence-corrected chi connectivity index (χ3v) is 3.95. The molecule has 1 atom stereocenters. The monoisotopic (exact) mass is 354 g/mol. The van der Waals surface area contributed by atoms with E-state index in [1.165, 1.54) is 6.07 Å². The number of alkyl halides is 3. The maximum Gasteiger partial charge on any atom is 0.416 e. The lowest BCUT2D eigenvalue weighted by atomic mass is 9.79. The first-order valence-corrected chi connectivity index (χ1v) is 7.42. The van der Waals surface area contributed by atoms with Crippen molar-refractivity contribution in [2.75, 3.05) is 26.2 Å². The minimum absolute atomic E-state index is 0. The van der Waals surface area contributed by atoms with Crippen LogP contribution in [0.5, 0.6) is 0 Å². The Bertz CT molecular complexity index is 520. The largest absolute Gasteiger partial charge is 0.416 e. The molecule has 0 bridgehead atoms. The molecule has 1 saturated heterocycles. The molecule has 0 aliphatic carbocycles. The number of nitrogens with one attached hydrogen (secondary N) is 1. The molecule has 2 rings (SSSR count). The average molecular weight is 355 g/mol. The van der Waals surface area contributed by atoms with Gasteiger partial charge in [-0.3, -0.25) is 4.90 Å². The Kier molecular flexibility index (Phi) is 6.47. The van der Waals surface area contributed by atoms with Gasteiger partial charge in [-0.15, -0.1) is 12.4 Å². The minimum atomic E-state index is -4.56. The SMILES string of the molecule is CC(C)(C)[C@@H](c1ccc(F)cc1C(F)(F)F)N1CCNCC1.Cl. The Hall–Kier alpha value is -0.850. The van der Waals surface area contributed by atoms with Gasteiger partial charge < -0.3 is 5.32 Å². The Morgan fingerprint density at radius 2 is 1.65 bits per heavy atom. The van der Waals surface area contributed by atoms with Crippen molar-refractivity contribution in [2.24, 2.45) is 5.41 Å². The third kappa shape index (κ3) is 4.81. The quantitative estimate of drug-likeness (QED) is 0.798. The molecule has 7 heteroatoms. The summed E-state index contributed by atoms with van der Waals surface area (Å²) >= 11 is 0. The zero-order valence-corrected chi connectivity index (χ0v) is 14.3. The van der Waals surface area contributed by atoms with E-state index in [-0.39, 0.29) is 18.0 Å². The van der Waals surface area contributed by atoms with Crippen LogP contribution < -0.4 is 5.32 Å². The fourth-order valence-corrected chi connectivity index (χ4v) is 3.16. The van der Waals surface area contributed by atoms with Crippen LogP contribution in [0.2, 0.25) is 0 Å². The normalized spacial score (nSPS) is 18.4. The van der Waals surface area contributed by atoms with E-state index < -0.39 is 29.0 Å². The molecular formula is C16H23ClF4N2. The van der Waals surface area contributed by atoms with Crippen molar-refractivity contribution in [3.05, 3.63) is 35.1 Å². The molecule has 1 aliphatic heterocycles. The first kappa shape index (κ1) is 20.2. The lowest BCUT2D eigenvalue weighted by Gasteiger charge is -2.43. The van der Waals surface area contributed by atoms with Crippen LogP contribution in [0.15, 0.2) is 18.2 Å². The van der Waals surface area contributed by atoms with Crippen LogP contribution in [0.25, 0.3) is 0 Å². The van der Waals surface area contributed by atoms with Crippen molar-refractivity contribution in [1.29, 1.82) is 0 Å². The summed E-state index contributed by atoms with van der Waals surface area (Å²) < 4.78 is 53.4. The zero-order valence-electron chi connectivity index (χ0n) is 13.5. The molecule has 1 N–H and O–H groups in total. The van der Waals surface area contributed by atoms with Crippen molar-refractivity contribution >= 4 is 12.4 Å². The molecule has 132 valence electrons. The number of nitrogens with zero attached hydrogens (tertiary/aromatic N) is 1. The van der Waals surface area contributed by atoms with E-state index in [2.05, 4.69) is 10.2 Å². The molecule has 0 aromatic heterocycles. The highest BCUT2D eigenvalue weighted by Gasteiger charge is 2.40. The van der Waals surface area contributed by atoms with Crippen molar-refractivity contribution in [3.63, 3.8) is 0 Å². The Balaban J connectivity index is 0.00000264. The molecule has 0 saturated carbocycles. The molecule has 0 unspecified atom stereocenters. The number of rotatable bonds is 2. The summed E-state index contributed by atoms with van der Waals surface area (Å²) in [6, 6.07) is 2.60. The molecule has 0 spiro atoms. The number of hydrogen-bond donors (Lipinski definition) is 1. The highest BCUT2D eigenvalue weighted by atomic mass is 35.5. The molecule has 1 fully saturated rings. The Morgan fingerprint density at radius 1 is 1.09 bits per heavy atom. The topological polar surface area (TPSA) is 15.3 Å². The van der Waals surface area contributed by atoms with Crippen LogP contribution >= 0.6 is 12.4 Å². The van der Waals surface area contributed by atoms with Crippen LogP contribution in [0.1, 0.15) is 37.9 Å². The van der Waals surface area contributed by atoms with Gasteiger partial charge in [-0.05, 0) is 23.1 Å². The second-order valence-corrected chi connectivity index (χ2v) is 6.78. The van der Waals surface area contributed by atoms with Crippen molar-refractivity contribution in [1.82, 2.24) is 10.2 Å². The van der Waals surface area contributed by atoms with Crippen molar-refractivity contribution in [3.8, 4) is 0 Å². The highest BCUT2D eigenvalue weighted by molar-refractivity contribution is 5.85. The lowest BCUT2D eigenvalue weighted by Crippen LogP contribution is -2.48. The molecule has 23 heavy (non-hydrogen) atoms. The summed E-state index contributed by atoms with van der Waals surface area (Å²) in [6.07, 6.45) is -4.56. The second kappa shape index (κ2) is 7.36. The Morgan fingerprint density at radius 3 is 2.13 bits per heavy atom. The number of piperazine rings is 1. The smallest absolute Gasteiger partial charge is 0.314 e. The third-order valence-electron chi connectivity index (χ3n) is 3.95. The van der Waals surface area contributed by atoms with Crippen LogP contribution in [0.3, 0.4) is 0 Å². The van der Waals surface area contributed by atoms with Gasteiger partial charge in [-0.25, -0.2) is 4.39 Å². The zero-order chi connectivity index (χ0) is 16.5. The van der Waals surface area contributed by atoms with E-state index in [4.69, 9.17) is 0 Å². The van der Waals surface area contributed by atoms with E-state index in [1.807, 2.05) is 20.8 Å². The molecule has 0 radical (unpaired) electrons. The van der Waals surface area contributed by atoms with E-state index in [0.717, 1.165) is 19.2 Å². The van der Waals surface area contributed by atoms with Gasteiger partial charge in [0.15, 0.2) is 0 Å². The average Bonchev–Trinajstić information content (AvgIpc) is 2.39. The second-order valence-electron chi connectivity index (χ2n) is 6.78. The van der Waals surface area contributed by atoms with Gasteiger partial charge in [0.25, 0.3) is 0 Å². The minimum Gasteiger partial charge on any atom is -0.314 e. The number of hydrogen-bond acceptors (Lipinski definition) is 2. The van der Waals surface area contributed by atoms with Crippen LogP contribution in [-0.4, -0.2) is 31.1 Å². The summed E-state index contributed by atoms with van der Waals surface area (Å²) in [5, 5.41) is 3.20. The molecule has 1 heterocycles. The summed E-state index contributed by atoms with van der Waals surface area (Å²) in [4.78, 5) is 2.05. The van der Waals surface area contributed by atoms with Gasteiger partial charge in [0.1, 0.15) is 5.82 Å². The number of halogens is 5. The van der Waals surface area contributed by atoms with Gasteiger partial charge in [-0.2, -0.15) is 13.2 Å². The summed E-state index contributed by atoms with van der Waals surface area (Å²) in [5.41, 5.74) is -1.11. The first-order chi connectivity index (χ1) is 10.1. The molecule has 2 nitrogen and oxygen atoms in total. The van der Waals surface area contributed by atoms with Crippen molar-refractivity contribution < 1.29 is 17.6 Å². The van der Waals surface area contributed by atoms with Crippen LogP contribution in [0, 0.1) is 11.2 Å². The highest BCUT2D eigenvalue weighted by Crippen LogP contribution is 2.44. The summed E-state index contributed by atoms with van der Waals surface area (Å²) in [5.74, 6) is -0.857. The van der Waals surface area contributed by atoms with Gasteiger partial charge in [-0.1, -0.05) is 26.8 Å². The molecule has 1 aromatic rings. The maximum atomic E-state index is 13.4. The summed E-state index contributed by atoms with van der Waals surface area (Å²) in [7, 11) is 0. The number of benzene rings is 1. The Labute approximate surface area is 140 Å². The van der Waals surface area contributed by atoms with E-state index in [0.29, 0.717) is 19.2 Å². The predicted molar refractivity (Wildman–Crippen MR) is 85.3 cm³/mol. The summed E-state index contributed by atoms with van der Waals surface area (Å²) in [6.45, 7) is 8.60. The lowest BCUT2D eigenvalue weighted by molar-refractivity contribution is -0.139. The maximum absolute atomic E-state index is 13.4. The van der Waals surface area contributed by atoms with E-state index in [9.17, 15) is 17.6 Å². The van der Waals surface area contributed by atoms with E-state index >= 15 is 0 Å². The molecule has 1 aromatic carbocycles. The van der Waals surface area contributed by atoms with Crippen LogP contribution in [-0.2, 0) is 6.18 Å². The van der Waals surface area contributed by atoms with Gasteiger partial charge in [0.2, 0.25) is 0 Å².